The van der Waals surface area contributed by atoms with Crippen molar-refractivity contribution in [3.05, 3.63) is 81.7 Å². The van der Waals surface area contributed by atoms with Crippen LogP contribution in [0.2, 0.25) is 0 Å². The van der Waals surface area contributed by atoms with Crippen LogP contribution in [0.3, 0.4) is 0 Å². The molecule has 0 amide bonds. The van der Waals surface area contributed by atoms with Crippen molar-refractivity contribution in [3.8, 4) is 5.75 Å². The Labute approximate surface area is 165 Å². The molecule has 148 valence electrons. The van der Waals surface area contributed by atoms with Crippen LogP contribution in [0, 0.1) is 0 Å². The van der Waals surface area contributed by atoms with Gasteiger partial charge >= 0.3 is 5.97 Å². The highest BCUT2D eigenvalue weighted by Gasteiger charge is 2.38. The molecule has 3 aromatic rings. The van der Waals surface area contributed by atoms with E-state index in [1.54, 1.807) is 30.6 Å². The first-order chi connectivity index (χ1) is 14.1. The summed E-state index contributed by atoms with van der Waals surface area (Å²) in [4.78, 5) is 32.8. The largest absolute Gasteiger partial charge is 0.460 e. The highest BCUT2D eigenvalue weighted by Crippen LogP contribution is 2.43. The number of H-pyrrole nitrogens is 1. The van der Waals surface area contributed by atoms with Crippen LogP contribution in [0.4, 0.5) is 0 Å². The molecule has 8 heteroatoms. The van der Waals surface area contributed by atoms with Crippen molar-refractivity contribution in [2.75, 3.05) is 20.3 Å². The molecule has 1 unspecified atom stereocenters. The summed E-state index contributed by atoms with van der Waals surface area (Å²) in [7, 11) is 1.50. The van der Waals surface area contributed by atoms with Crippen LogP contribution in [0.25, 0.3) is 10.9 Å². The Hall–Kier alpha value is -3.65. The number of ether oxygens (including phenoxy) is 3. The van der Waals surface area contributed by atoms with E-state index < -0.39 is 11.9 Å². The standard InChI is InChI=1S/C21H19N3O5/c1-27-9-10-28-21(26)17-15(12-5-4-8-23-11-12)16-18(29-19(17)22)13-6-2-3-7-14(13)24-20(16)25/h2-8,11,15H,9-10,22H2,1H3,(H,24,25). The van der Waals surface area contributed by atoms with Crippen molar-refractivity contribution in [2.24, 2.45) is 5.73 Å². The van der Waals surface area contributed by atoms with Gasteiger partial charge in [-0.15, -0.1) is 0 Å². The number of pyridine rings is 2. The lowest BCUT2D eigenvalue weighted by Gasteiger charge is -2.28. The maximum atomic E-state index is 13.0. The second-order valence-electron chi connectivity index (χ2n) is 6.47. The highest BCUT2D eigenvalue weighted by atomic mass is 16.6. The van der Waals surface area contributed by atoms with Gasteiger partial charge in [-0.3, -0.25) is 9.78 Å². The lowest BCUT2D eigenvalue weighted by Crippen LogP contribution is -2.32. The molecule has 0 aliphatic carbocycles. The number of carbonyl (C=O) groups excluding carboxylic acids is 1. The number of nitrogens with two attached hydrogens (primary N) is 1. The Bertz CT molecular complexity index is 1150. The number of methoxy groups -OCH3 is 1. The van der Waals surface area contributed by atoms with Gasteiger partial charge in [-0.05, 0) is 23.8 Å². The van der Waals surface area contributed by atoms with Crippen molar-refractivity contribution in [1.29, 1.82) is 0 Å². The molecule has 3 N–H and O–H groups in total. The van der Waals surface area contributed by atoms with Crippen LogP contribution >= 0.6 is 0 Å². The van der Waals surface area contributed by atoms with Gasteiger partial charge < -0.3 is 24.9 Å². The summed E-state index contributed by atoms with van der Waals surface area (Å²) in [6.45, 7) is 0.284. The van der Waals surface area contributed by atoms with E-state index in [0.717, 1.165) is 0 Å². The van der Waals surface area contributed by atoms with Gasteiger partial charge in [0.05, 0.1) is 23.6 Å². The van der Waals surface area contributed by atoms with Crippen LogP contribution < -0.4 is 16.0 Å². The normalized spacial score (nSPS) is 15.7. The van der Waals surface area contributed by atoms with E-state index in [4.69, 9.17) is 19.9 Å². The number of rotatable bonds is 5. The molecule has 0 saturated carbocycles. The van der Waals surface area contributed by atoms with Crippen molar-refractivity contribution >= 4 is 16.9 Å². The Balaban J connectivity index is 1.93. The van der Waals surface area contributed by atoms with Crippen LogP contribution in [0.5, 0.6) is 5.75 Å². The number of aromatic nitrogens is 2. The zero-order chi connectivity index (χ0) is 20.4. The number of hydrogen-bond acceptors (Lipinski definition) is 7. The molecule has 8 nitrogen and oxygen atoms in total. The molecule has 0 bridgehead atoms. The van der Waals surface area contributed by atoms with Gasteiger partial charge in [0.25, 0.3) is 5.56 Å². The summed E-state index contributed by atoms with van der Waals surface area (Å²) in [5.74, 6) is -1.24. The minimum Gasteiger partial charge on any atom is -0.460 e. The predicted molar refractivity (Wildman–Crippen MR) is 105 cm³/mol. The van der Waals surface area contributed by atoms with Crippen LogP contribution in [0.1, 0.15) is 17.0 Å². The Morgan fingerprint density at radius 1 is 1.24 bits per heavy atom. The SMILES string of the molecule is COCCOC(=O)C1=C(N)Oc2c(c(=O)[nH]c3ccccc23)C1c1cccnc1. The summed E-state index contributed by atoms with van der Waals surface area (Å²) in [6, 6.07) is 10.7. The molecule has 0 radical (unpaired) electrons. The van der Waals surface area contributed by atoms with Crippen LogP contribution in [0.15, 0.2) is 65.0 Å². The molecule has 0 saturated heterocycles. The van der Waals surface area contributed by atoms with Crippen LogP contribution in [-0.2, 0) is 14.3 Å². The quantitative estimate of drug-likeness (QED) is 0.501. The van der Waals surface area contributed by atoms with Gasteiger partial charge in [-0.25, -0.2) is 4.79 Å². The monoisotopic (exact) mass is 393 g/mol. The van der Waals surface area contributed by atoms with E-state index in [9.17, 15) is 9.59 Å². The molecular weight excluding hydrogens is 374 g/mol. The molecule has 1 atom stereocenters. The second kappa shape index (κ2) is 7.76. The van der Waals surface area contributed by atoms with E-state index in [2.05, 4.69) is 9.97 Å². The van der Waals surface area contributed by atoms with Gasteiger partial charge in [0.1, 0.15) is 17.9 Å². The average molecular weight is 393 g/mol. The minimum atomic E-state index is -0.782. The molecular formula is C21H19N3O5. The fraction of sp³-hybridized carbons (Fsp3) is 0.190. The number of hydrogen-bond donors (Lipinski definition) is 2. The third-order valence-electron chi connectivity index (χ3n) is 4.72. The van der Waals surface area contributed by atoms with Crippen molar-refractivity contribution < 1.29 is 19.0 Å². The second-order valence-corrected chi connectivity index (χ2v) is 6.47. The number of nitrogens with zero attached hydrogens (tertiary/aromatic N) is 1. The zero-order valence-electron chi connectivity index (χ0n) is 15.7. The van der Waals surface area contributed by atoms with Crippen molar-refractivity contribution in [3.63, 3.8) is 0 Å². The van der Waals surface area contributed by atoms with Gasteiger partial charge in [-0.2, -0.15) is 0 Å². The molecule has 3 heterocycles. The number of aromatic amines is 1. The number of esters is 1. The molecule has 1 aromatic carbocycles. The number of fused-ring (bicyclic) bond motifs is 3. The molecule has 0 fully saturated rings. The fourth-order valence-corrected chi connectivity index (χ4v) is 3.45. The van der Waals surface area contributed by atoms with Crippen LogP contribution in [-0.4, -0.2) is 36.3 Å². The van der Waals surface area contributed by atoms with E-state index in [0.29, 0.717) is 22.2 Å². The van der Waals surface area contributed by atoms with Crippen molar-refractivity contribution in [2.45, 2.75) is 5.92 Å². The van der Waals surface area contributed by atoms with Gasteiger partial charge in [0, 0.05) is 24.9 Å². The number of benzene rings is 1. The molecule has 29 heavy (non-hydrogen) atoms. The Morgan fingerprint density at radius 2 is 2.07 bits per heavy atom. The molecule has 0 spiro atoms. The first-order valence-electron chi connectivity index (χ1n) is 9.00. The molecule has 1 aliphatic rings. The van der Waals surface area contributed by atoms with Crippen molar-refractivity contribution in [1.82, 2.24) is 9.97 Å². The average Bonchev–Trinajstić information content (AvgIpc) is 2.73. The highest BCUT2D eigenvalue weighted by molar-refractivity contribution is 5.95. The van der Waals surface area contributed by atoms with E-state index in [-0.39, 0.29) is 35.8 Å². The third-order valence-corrected chi connectivity index (χ3v) is 4.72. The summed E-state index contributed by atoms with van der Waals surface area (Å²) in [6.07, 6.45) is 3.20. The fourth-order valence-electron chi connectivity index (χ4n) is 3.45. The maximum Gasteiger partial charge on any atom is 0.340 e. The van der Waals surface area contributed by atoms with Gasteiger partial charge in [0.2, 0.25) is 5.88 Å². The lowest BCUT2D eigenvalue weighted by atomic mass is 9.83. The van der Waals surface area contributed by atoms with Gasteiger partial charge in [0.15, 0.2) is 0 Å². The zero-order valence-corrected chi connectivity index (χ0v) is 15.7. The minimum absolute atomic E-state index is 0.0484. The topological polar surface area (TPSA) is 117 Å². The Kier molecular flexibility index (Phi) is 5.01. The first kappa shape index (κ1) is 18.7. The van der Waals surface area contributed by atoms with E-state index >= 15 is 0 Å². The number of para-hydroxylation sites is 1. The lowest BCUT2D eigenvalue weighted by molar-refractivity contribution is -0.140. The number of carbonyl (C=O) groups is 1. The molecule has 4 rings (SSSR count). The van der Waals surface area contributed by atoms with E-state index in [1.807, 2.05) is 18.2 Å². The number of nitrogens with one attached hydrogen (secondary N) is 1. The predicted octanol–water partition coefficient (Wildman–Crippen LogP) is 1.81. The molecule has 1 aliphatic heterocycles. The Morgan fingerprint density at radius 3 is 2.83 bits per heavy atom. The summed E-state index contributed by atoms with van der Waals surface area (Å²) in [5, 5.41) is 0.686. The molecule has 2 aromatic heterocycles. The maximum absolute atomic E-state index is 13.0. The first-order valence-corrected chi connectivity index (χ1v) is 9.00. The summed E-state index contributed by atoms with van der Waals surface area (Å²) >= 11 is 0. The third kappa shape index (κ3) is 3.34. The summed E-state index contributed by atoms with van der Waals surface area (Å²) in [5.41, 5.74) is 7.36. The van der Waals surface area contributed by atoms with E-state index in [1.165, 1.54) is 7.11 Å². The smallest absolute Gasteiger partial charge is 0.340 e. The summed E-state index contributed by atoms with van der Waals surface area (Å²) < 4.78 is 16.0. The van der Waals surface area contributed by atoms with Gasteiger partial charge in [-0.1, -0.05) is 18.2 Å².